The molecular formula is C22H31FO2. The molecule has 0 aromatic heterocycles. The minimum absolute atomic E-state index is 0.0374. The highest BCUT2D eigenvalue weighted by Crippen LogP contribution is 2.44. The van der Waals surface area contributed by atoms with Crippen LogP contribution in [-0.2, 0) is 4.74 Å². The van der Waals surface area contributed by atoms with E-state index >= 15 is 0 Å². The molecule has 25 heavy (non-hydrogen) atoms. The lowest BCUT2D eigenvalue weighted by Gasteiger charge is -2.42. The summed E-state index contributed by atoms with van der Waals surface area (Å²) in [6, 6.07) is 5.64. The SMILES string of the molecule is CCCCC[C@H]1CC[C@H]2C[C@H](OC(=O)c3ccc(F)cc3)CC[C@@H]2C1. The minimum Gasteiger partial charge on any atom is -0.459 e. The number of hydrogen-bond acceptors (Lipinski definition) is 2. The Morgan fingerprint density at radius 2 is 1.76 bits per heavy atom. The molecular weight excluding hydrogens is 315 g/mol. The lowest BCUT2D eigenvalue weighted by atomic mass is 9.66. The van der Waals surface area contributed by atoms with Gasteiger partial charge < -0.3 is 4.74 Å². The molecule has 0 unspecified atom stereocenters. The molecule has 3 heteroatoms. The van der Waals surface area contributed by atoms with E-state index in [-0.39, 0.29) is 17.9 Å². The van der Waals surface area contributed by atoms with Crippen molar-refractivity contribution in [2.75, 3.05) is 0 Å². The third-order valence-corrected chi connectivity index (χ3v) is 6.24. The molecule has 2 nitrogen and oxygen atoms in total. The molecule has 3 rings (SSSR count). The van der Waals surface area contributed by atoms with Gasteiger partial charge in [-0.15, -0.1) is 0 Å². The Kier molecular flexibility index (Phi) is 6.50. The van der Waals surface area contributed by atoms with Gasteiger partial charge in [-0.1, -0.05) is 39.0 Å². The molecule has 2 aliphatic rings. The Balaban J connectivity index is 1.46. The maximum absolute atomic E-state index is 13.0. The summed E-state index contributed by atoms with van der Waals surface area (Å²) in [5.74, 6) is 1.85. The van der Waals surface area contributed by atoms with Crippen molar-refractivity contribution >= 4 is 5.97 Å². The van der Waals surface area contributed by atoms with Gasteiger partial charge in [0.2, 0.25) is 0 Å². The van der Waals surface area contributed by atoms with Crippen molar-refractivity contribution in [3.8, 4) is 0 Å². The zero-order valence-electron chi connectivity index (χ0n) is 15.4. The van der Waals surface area contributed by atoms with Crippen molar-refractivity contribution in [3.05, 3.63) is 35.6 Å². The quantitative estimate of drug-likeness (QED) is 0.456. The van der Waals surface area contributed by atoms with E-state index in [2.05, 4.69) is 6.92 Å². The number of carbonyl (C=O) groups is 1. The number of ether oxygens (including phenoxy) is 1. The molecule has 1 aromatic rings. The van der Waals surface area contributed by atoms with Crippen LogP contribution in [-0.4, -0.2) is 12.1 Å². The van der Waals surface area contributed by atoms with Gasteiger partial charge in [-0.3, -0.25) is 0 Å². The van der Waals surface area contributed by atoms with Gasteiger partial charge in [0.1, 0.15) is 11.9 Å². The average Bonchev–Trinajstić information content (AvgIpc) is 2.62. The standard InChI is InChI=1S/C22H31FO2/c1-2-3-4-5-16-6-7-19-15-21(13-10-18(19)14-16)25-22(24)17-8-11-20(23)12-9-17/h8-9,11-12,16,18-19,21H,2-7,10,13-15H2,1H3/t16-,18+,19-,21+/m0/s1. The summed E-state index contributed by atoms with van der Waals surface area (Å²) in [5, 5.41) is 0. The lowest BCUT2D eigenvalue weighted by Crippen LogP contribution is -2.35. The zero-order chi connectivity index (χ0) is 17.6. The smallest absolute Gasteiger partial charge is 0.338 e. The van der Waals surface area contributed by atoms with Crippen molar-refractivity contribution in [1.82, 2.24) is 0 Å². The van der Waals surface area contributed by atoms with Gasteiger partial charge in [0, 0.05) is 0 Å². The normalized spacial score (nSPS) is 29.0. The van der Waals surface area contributed by atoms with Gasteiger partial charge in [0.15, 0.2) is 0 Å². The van der Waals surface area contributed by atoms with Crippen LogP contribution in [0.2, 0.25) is 0 Å². The largest absolute Gasteiger partial charge is 0.459 e. The monoisotopic (exact) mass is 346 g/mol. The van der Waals surface area contributed by atoms with Crippen molar-refractivity contribution in [2.45, 2.75) is 77.2 Å². The summed E-state index contributed by atoms with van der Waals surface area (Å²) >= 11 is 0. The van der Waals surface area contributed by atoms with Crippen LogP contribution in [0.25, 0.3) is 0 Å². The number of halogens is 1. The van der Waals surface area contributed by atoms with Crippen LogP contribution in [0.3, 0.4) is 0 Å². The second-order valence-corrected chi connectivity index (χ2v) is 8.04. The summed E-state index contributed by atoms with van der Waals surface area (Å²) < 4.78 is 18.7. The molecule has 0 spiro atoms. The van der Waals surface area contributed by atoms with Gasteiger partial charge in [0.05, 0.1) is 5.56 Å². The summed E-state index contributed by atoms with van der Waals surface area (Å²) in [7, 11) is 0. The van der Waals surface area contributed by atoms with Crippen molar-refractivity contribution < 1.29 is 13.9 Å². The van der Waals surface area contributed by atoms with E-state index < -0.39 is 0 Å². The molecule has 0 heterocycles. The number of unbranched alkanes of at least 4 members (excludes halogenated alkanes) is 2. The number of fused-ring (bicyclic) bond motifs is 1. The Morgan fingerprint density at radius 3 is 2.52 bits per heavy atom. The van der Waals surface area contributed by atoms with Crippen molar-refractivity contribution in [3.63, 3.8) is 0 Å². The van der Waals surface area contributed by atoms with Crippen LogP contribution >= 0.6 is 0 Å². The van der Waals surface area contributed by atoms with Crippen LogP contribution in [0.5, 0.6) is 0 Å². The zero-order valence-corrected chi connectivity index (χ0v) is 15.4. The molecule has 4 atom stereocenters. The molecule has 0 amide bonds. The molecule has 2 aliphatic carbocycles. The Hall–Kier alpha value is -1.38. The van der Waals surface area contributed by atoms with Gasteiger partial charge in [-0.25, -0.2) is 9.18 Å². The molecule has 1 aromatic carbocycles. The molecule has 0 N–H and O–H groups in total. The summed E-state index contributed by atoms with van der Waals surface area (Å²) in [6.07, 6.45) is 12.7. The van der Waals surface area contributed by atoms with Crippen LogP contribution in [0.15, 0.2) is 24.3 Å². The van der Waals surface area contributed by atoms with E-state index in [9.17, 15) is 9.18 Å². The lowest BCUT2D eigenvalue weighted by molar-refractivity contribution is -0.00628. The molecule has 0 saturated heterocycles. The average molecular weight is 346 g/mol. The molecule has 2 fully saturated rings. The van der Waals surface area contributed by atoms with Crippen LogP contribution < -0.4 is 0 Å². The second-order valence-electron chi connectivity index (χ2n) is 8.04. The van der Waals surface area contributed by atoms with E-state index in [1.165, 1.54) is 75.6 Å². The number of hydrogen-bond donors (Lipinski definition) is 0. The Labute approximate surface area is 151 Å². The molecule has 138 valence electrons. The maximum Gasteiger partial charge on any atom is 0.338 e. The summed E-state index contributed by atoms with van der Waals surface area (Å²) in [6.45, 7) is 2.27. The van der Waals surface area contributed by atoms with Crippen LogP contribution in [0.4, 0.5) is 4.39 Å². The molecule has 2 saturated carbocycles. The fourth-order valence-corrected chi connectivity index (χ4v) is 4.80. The molecule has 0 aliphatic heterocycles. The van der Waals surface area contributed by atoms with Gasteiger partial charge in [0.25, 0.3) is 0 Å². The first-order valence-electron chi connectivity index (χ1n) is 10.1. The fourth-order valence-electron chi connectivity index (χ4n) is 4.80. The highest BCUT2D eigenvalue weighted by molar-refractivity contribution is 5.89. The maximum atomic E-state index is 13.0. The van der Waals surface area contributed by atoms with Crippen LogP contribution in [0.1, 0.15) is 81.5 Å². The highest BCUT2D eigenvalue weighted by Gasteiger charge is 2.36. The van der Waals surface area contributed by atoms with E-state index in [4.69, 9.17) is 4.74 Å². The predicted molar refractivity (Wildman–Crippen MR) is 97.9 cm³/mol. The first-order valence-corrected chi connectivity index (χ1v) is 10.1. The molecule has 0 radical (unpaired) electrons. The Bertz CT molecular complexity index is 554. The van der Waals surface area contributed by atoms with Crippen LogP contribution in [0, 0.1) is 23.6 Å². The summed E-state index contributed by atoms with van der Waals surface area (Å²) in [4.78, 5) is 12.2. The Morgan fingerprint density at radius 1 is 1.04 bits per heavy atom. The van der Waals surface area contributed by atoms with Gasteiger partial charge in [-0.05, 0) is 74.1 Å². The van der Waals surface area contributed by atoms with E-state index in [1.807, 2.05) is 0 Å². The third-order valence-electron chi connectivity index (χ3n) is 6.24. The number of carbonyl (C=O) groups excluding carboxylic acids is 1. The fraction of sp³-hybridized carbons (Fsp3) is 0.682. The minimum atomic E-state index is -0.326. The first-order chi connectivity index (χ1) is 12.2. The van der Waals surface area contributed by atoms with Crippen molar-refractivity contribution in [2.24, 2.45) is 17.8 Å². The predicted octanol–water partition coefficient (Wildman–Crippen LogP) is 6.15. The van der Waals surface area contributed by atoms with Gasteiger partial charge >= 0.3 is 5.97 Å². The first kappa shape index (κ1) is 18.4. The third kappa shape index (κ3) is 5.05. The number of esters is 1. The topological polar surface area (TPSA) is 26.3 Å². The highest BCUT2D eigenvalue weighted by atomic mass is 19.1. The summed E-state index contributed by atoms with van der Waals surface area (Å²) in [5.41, 5.74) is 0.447. The van der Waals surface area contributed by atoms with E-state index in [1.54, 1.807) is 0 Å². The number of rotatable bonds is 6. The second kappa shape index (κ2) is 8.82. The number of benzene rings is 1. The van der Waals surface area contributed by atoms with Gasteiger partial charge in [-0.2, -0.15) is 0 Å². The van der Waals surface area contributed by atoms with E-state index in [0.29, 0.717) is 5.56 Å². The molecule has 0 bridgehead atoms. The van der Waals surface area contributed by atoms with Crippen molar-refractivity contribution in [1.29, 1.82) is 0 Å². The van der Waals surface area contributed by atoms with E-state index in [0.717, 1.165) is 30.6 Å².